The minimum Gasteiger partial charge on any atom is -0.457 e. The van der Waals surface area contributed by atoms with E-state index in [-0.39, 0.29) is 29.7 Å². The van der Waals surface area contributed by atoms with Gasteiger partial charge in [0.1, 0.15) is 35.9 Å². The lowest BCUT2D eigenvalue weighted by atomic mass is 9.88. The first-order valence-electron chi connectivity index (χ1n) is 28.2. The van der Waals surface area contributed by atoms with Gasteiger partial charge in [-0.25, -0.2) is 4.98 Å². The van der Waals surface area contributed by atoms with Crippen molar-refractivity contribution in [3.8, 4) is 73.0 Å². The lowest BCUT2D eigenvalue weighted by Crippen LogP contribution is -2.27. The number of hydrogen-bond donors (Lipinski definition) is 0. The van der Waals surface area contributed by atoms with Gasteiger partial charge < -0.3 is 14.4 Å². The molecule has 6 heteroatoms. The summed E-state index contributed by atoms with van der Waals surface area (Å²) in [5.74, 6) is 2.57. The number of para-hydroxylation sites is 2. The topological polar surface area (TPSA) is 42.8 Å². The summed E-state index contributed by atoms with van der Waals surface area (Å²) < 4.78 is 58.0. The van der Waals surface area contributed by atoms with Gasteiger partial charge in [-0.2, -0.15) is 0 Å². The van der Waals surface area contributed by atoms with E-state index in [0.717, 1.165) is 94.5 Å². The van der Waals surface area contributed by atoms with Crippen LogP contribution in [0.2, 0.25) is 0 Å². The molecule has 0 unspecified atom stereocenters. The van der Waals surface area contributed by atoms with Crippen LogP contribution in [0, 0.1) is 6.92 Å². The number of aromatic nitrogens is 2. The Balaban J connectivity index is 0.883. The van der Waals surface area contributed by atoms with Crippen molar-refractivity contribution in [1.29, 1.82) is 0 Å². The summed E-state index contributed by atoms with van der Waals surface area (Å²) in [6.07, 6.45) is 3.47. The second-order valence-electron chi connectivity index (χ2n) is 19.2. The molecule has 0 atom stereocenters. The Morgan fingerprint density at radius 3 is 1.65 bits per heavy atom. The Hall–Kier alpha value is -10.2. The van der Waals surface area contributed by atoms with Crippen LogP contribution < -0.4 is 9.64 Å². The van der Waals surface area contributed by atoms with E-state index in [1.165, 1.54) is 0 Å². The van der Waals surface area contributed by atoms with Crippen LogP contribution in [0.15, 0.2) is 279 Å². The number of benzene rings is 10. The molecule has 0 bridgehead atoms. The number of ether oxygens (including phenoxy) is 2. The van der Waals surface area contributed by atoms with Crippen molar-refractivity contribution < 1.29 is 16.3 Å². The van der Waals surface area contributed by atoms with Crippen LogP contribution >= 0.6 is 0 Å². The van der Waals surface area contributed by atoms with Crippen molar-refractivity contribution in [3.63, 3.8) is 0 Å². The zero-order chi connectivity index (χ0) is 55.6. The molecule has 0 radical (unpaired) electrons. The Bertz CT molecular complexity index is 4420. The zero-order valence-corrected chi connectivity index (χ0v) is 41.9. The molecule has 10 aromatic carbocycles. The summed E-state index contributed by atoms with van der Waals surface area (Å²) in [6.45, 7) is 2.30. The smallest absolute Gasteiger partial charge is 0.226 e. The maximum absolute atomic E-state index is 8.67. The minimum absolute atomic E-state index is 0.119. The number of nitrogens with zero attached hydrogens (tertiary/aromatic N) is 4. The number of fused-ring (bicyclic) bond motifs is 4. The van der Waals surface area contributed by atoms with Crippen LogP contribution in [0.25, 0.3) is 94.7 Å². The molecule has 0 N–H and O–H groups in total. The van der Waals surface area contributed by atoms with E-state index in [4.69, 9.17) is 21.3 Å². The standard InChI is InChI=1S/C71H50N4O2/c1-48-42-67(72-45-63(48)53-30-15-6-16-31-53)75-64-39-18-17-34-61(64)62-41-40-56(44-65(62)75)77-55-33-19-32-54(43-55)66-46-76-71-70(68-57(49-22-7-2-8-23-49)35-20-36-58(68)50-24-9-3-10-25-50)74(47-73(66)71)69-59(51-26-11-4-12-27-51)37-21-38-60(69)52-28-13-5-14-29-52/h2-46H,47H2,1H3/i6D,15D,16D,30D,31D. The van der Waals surface area contributed by atoms with Gasteiger partial charge in [0.25, 0.3) is 0 Å². The van der Waals surface area contributed by atoms with Crippen molar-refractivity contribution >= 4 is 38.9 Å². The highest BCUT2D eigenvalue weighted by Gasteiger charge is 2.42. The SMILES string of the molecule is [2H]c1c([2H])c([2H])c(-c2cnc(-n3c4ccccc4c4ccc(Oc5cccc(C6=COC7=C(c8c(-c9ccccc9)cccc8-c8ccccc8)N(c8c(-c9ccccc9)cccc8-c8ccccc8)CN67)c5)cc43)cc2C)c([2H])c1[2H]. The first kappa shape index (κ1) is 40.2. The highest BCUT2D eigenvalue weighted by Crippen LogP contribution is 2.53. The van der Waals surface area contributed by atoms with E-state index in [9.17, 15) is 0 Å². The van der Waals surface area contributed by atoms with E-state index in [2.05, 4.69) is 202 Å². The van der Waals surface area contributed by atoms with Crippen LogP contribution in [0.1, 0.15) is 23.5 Å². The van der Waals surface area contributed by atoms with Gasteiger partial charge in [0.2, 0.25) is 5.88 Å². The third-order valence-electron chi connectivity index (χ3n) is 14.6. The van der Waals surface area contributed by atoms with Crippen molar-refractivity contribution in [2.24, 2.45) is 0 Å². The van der Waals surface area contributed by atoms with E-state index < -0.39 is 6.04 Å². The second kappa shape index (κ2) is 19.3. The number of anilines is 1. The molecule has 0 spiro atoms. The fourth-order valence-electron chi connectivity index (χ4n) is 11.1. The van der Waals surface area contributed by atoms with Gasteiger partial charge in [0.05, 0.1) is 29.3 Å². The summed E-state index contributed by atoms with van der Waals surface area (Å²) in [5.41, 5.74) is 16.6. The van der Waals surface area contributed by atoms with Gasteiger partial charge in [-0.05, 0) is 87.8 Å². The van der Waals surface area contributed by atoms with Gasteiger partial charge in [0, 0.05) is 50.9 Å². The lowest BCUT2D eigenvalue weighted by Gasteiger charge is -2.30. The third kappa shape index (κ3) is 8.11. The van der Waals surface area contributed by atoms with Crippen LogP contribution in [0.3, 0.4) is 0 Å². The van der Waals surface area contributed by atoms with Gasteiger partial charge in [-0.1, -0.05) is 218 Å². The van der Waals surface area contributed by atoms with Gasteiger partial charge in [-0.15, -0.1) is 0 Å². The molecule has 2 aliphatic heterocycles. The van der Waals surface area contributed by atoms with E-state index >= 15 is 0 Å². The summed E-state index contributed by atoms with van der Waals surface area (Å²) in [7, 11) is 0. The normalized spacial score (nSPS) is 13.9. The maximum Gasteiger partial charge on any atom is 0.226 e. The quantitative estimate of drug-likeness (QED) is 0.129. The molecule has 2 aliphatic rings. The largest absolute Gasteiger partial charge is 0.457 e. The number of pyridine rings is 1. The zero-order valence-electron chi connectivity index (χ0n) is 46.9. The molecule has 0 saturated carbocycles. The fraction of sp³-hybridized carbons (Fsp3) is 0.0282. The molecule has 366 valence electrons. The summed E-state index contributed by atoms with van der Waals surface area (Å²) in [5, 5.41) is 2.03. The highest BCUT2D eigenvalue weighted by atomic mass is 16.5. The predicted octanol–water partition coefficient (Wildman–Crippen LogP) is 18.0. The Morgan fingerprint density at radius 2 is 1.01 bits per heavy atom. The fourth-order valence-corrected chi connectivity index (χ4v) is 11.1. The van der Waals surface area contributed by atoms with E-state index in [1.807, 2.05) is 55.7 Å². The van der Waals surface area contributed by atoms with Crippen LogP contribution in [0.5, 0.6) is 11.5 Å². The average Bonchev–Trinajstić information content (AvgIpc) is 2.67. The molecule has 0 aliphatic carbocycles. The summed E-state index contributed by atoms with van der Waals surface area (Å²) in [6, 6.07) is 78.1. The number of aryl methyl sites for hydroxylation is 1. The third-order valence-corrected chi connectivity index (χ3v) is 14.6. The maximum atomic E-state index is 8.67. The van der Waals surface area contributed by atoms with Crippen LogP contribution in [-0.4, -0.2) is 21.1 Å². The summed E-state index contributed by atoms with van der Waals surface area (Å²) >= 11 is 0. The van der Waals surface area contributed by atoms with Gasteiger partial charge in [0.15, 0.2) is 0 Å². The van der Waals surface area contributed by atoms with E-state index in [0.29, 0.717) is 41.0 Å². The molecular weight excluding hydrogens is 941 g/mol. The first-order chi connectivity index (χ1) is 40.2. The molecule has 0 saturated heterocycles. The van der Waals surface area contributed by atoms with Crippen molar-refractivity contribution in [1.82, 2.24) is 14.5 Å². The molecular formula is C71H50N4O2. The molecule has 0 amide bonds. The minimum atomic E-state index is -0.433. The molecule has 2 aromatic heterocycles. The van der Waals surface area contributed by atoms with Gasteiger partial charge in [-0.3, -0.25) is 9.47 Å². The van der Waals surface area contributed by atoms with Crippen molar-refractivity contribution in [2.75, 3.05) is 11.6 Å². The number of hydrogen-bond acceptors (Lipinski definition) is 5. The molecule has 6 nitrogen and oxygen atoms in total. The van der Waals surface area contributed by atoms with Crippen LogP contribution in [-0.2, 0) is 4.74 Å². The monoisotopic (exact) mass is 995 g/mol. The molecule has 77 heavy (non-hydrogen) atoms. The second-order valence-corrected chi connectivity index (χ2v) is 19.2. The van der Waals surface area contributed by atoms with Crippen molar-refractivity contribution in [3.05, 3.63) is 296 Å². The number of rotatable bonds is 11. The van der Waals surface area contributed by atoms with Gasteiger partial charge >= 0.3 is 0 Å². The Labute approximate surface area is 455 Å². The average molecular weight is 996 g/mol. The highest BCUT2D eigenvalue weighted by molar-refractivity contribution is 6.10. The summed E-state index contributed by atoms with van der Waals surface area (Å²) in [4.78, 5) is 9.64. The Morgan fingerprint density at radius 1 is 0.468 bits per heavy atom. The molecule has 12 aromatic rings. The predicted molar refractivity (Wildman–Crippen MR) is 315 cm³/mol. The molecule has 0 fully saturated rings. The lowest BCUT2D eigenvalue weighted by molar-refractivity contribution is 0.297. The first-order valence-corrected chi connectivity index (χ1v) is 25.7. The van der Waals surface area contributed by atoms with Crippen LogP contribution in [0.4, 0.5) is 5.69 Å². The Kier molecular flexibility index (Phi) is 10.1. The molecule has 14 rings (SSSR count). The molecule has 4 heterocycles. The van der Waals surface area contributed by atoms with Crippen molar-refractivity contribution in [2.45, 2.75) is 6.92 Å². The van der Waals surface area contributed by atoms with E-state index in [1.54, 1.807) is 6.20 Å².